The van der Waals surface area contributed by atoms with Crippen LogP contribution >= 0.6 is 11.8 Å². The molecule has 5 heteroatoms. The molecule has 0 atom stereocenters. The van der Waals surface area contributed by atoms with Crippen molar-refractivity contribution in [2.45, 2.75) is 11.3 Å². The molecule has 0 fully saturated rings. The van der Waals surface area contributed by atoms with Crippen LogP contribution in [0.2, 0.25) is 0 Å². The predicted octanol–water partition coefficient (Wildman–Crippen LogP) is 4.38. The van der Waals surface area contributed by atoms with Crippen LogP contribution in [0.1, 0.15) is 17.5 Å². The molecule has 0 saturated heterocycles. The van der Waals surface area contributed by atoms with Crippen molar-refractivity contribution >= 4 is 35.5 Å². The summed E-state index contributed by atoms with van der Waals surface area (Å²) in [6.07, 6.45) is 7.81. The van der Waals surface area contributed by atoms with Crippen molar-refractivity contribution in [1.29, 1.82) is 0 Å². The zero-order valence-corrected chi connectivity index (χ0v) is 15.5. The maximum absolute atomic E-state index is 11.9. The largest absolute Gasteiger partial charge is 0.504 e. The fourth-order valence-electron chi connectivity index (χ4n) is 2.19. The van der Waals surface area contributed by atoms with Crippen LogP contribution in [-0.2, 0) is 9.59 Å². The van der Waals surface area contributed by atoms with Crippen molar-refractivity contribution in [3.63, 3.8) is 0 Å². The maximum atomic E-state index is 11.9. The number of ether oxygens (including phenoxy) is 1. The summed E-state index contributed by atoms with van der Waals surface area (Å²) < 4.78 is 4.96. The molecule has 0 aromatic heterocycles. The van der Waals surface area contributed by atoms with E-state index in [0.29, 0.717) is 11.3 Å². The summed E-state index contributed by atoms with van der Waals surface area (Å²) in [7, 11) is 1.46. The maximum Gasteiger partial charge on any atom is 0.163 e. The Morgan fingerprint density at radius 2 is 1.58 bits per heavy atom. The van der Waals surface area contributed by atoms with Gasteiger partial charge in [-0.05, 0) is 53.8 Å². The van der Waals surface area contributed by atoms with E-state index in [9.17, 15) is 14.7 Å². The molecule has 0 radical (unpaired) electrons. The number of hydrogen-bond donors (Lipinski definition) is 1. The summed E-state index contributed by atoms with van der Waals surface area (Å²) in [5.74, 6) is -0.202. The average molecular weight is 368 g/mol. The average Bonchev–Trinajstić information content (AvgIpc) is 2.65. The number of rotatable bonds is 8. The van der Waals surface area contributed by atoms with E-state index in [0.717, 1.165) is 10.5 Å². The normalized spacial score (nSPS) is 11.2. The molecule has 134 valence electrons. The topological polar surface area (TPSA) is 63.6 Å². The number of hydrogen-bond acceptors (Lipinski definition) is 5. The fraction of sp³-hybridized carbons (Fsp3) is 0.143. The molecule has 0 aliphatic rings. The highest BCUT2D eigenvalue weighted by atomic mass is 32.2. The van der Waals surface area contributed by atoms with E-state index in [1.165, 1.54) is 25.3 Å². The van der Waals surface area contributed by atoms with E-state index in [2.05, 4.69) is 0 Å². The zero-order valence-electron chi connectivity index (χ0n) is 14.6. The Bertz CT molecular complexity index is 836. The van der Waals surface area contributed by atoms with Crippen LogP contribution in [0.4, 0.5) is 0 Å². The molecule has 0 bridgehead atoms. The first kappa shape index (κ1) is 19.5. The fourth-order valence-corrected chi connectivity index (χ4v) is 2.60. The number of thioether (sulfide) groups is 1. The van der Waals surface area contributed by atoms with Gasteiger partial charge in [0.15, 0.2) is 23.1 Å². The third kappa shape index (κ3) is 5.93. The minimum atomic E-state index is -0.298. The Balaban J connectivity index is 1.90. The van der Waals surface area contributed by atoms with Crippen molar-refractivity contribution < 1.29 is 19.4 Å². The van der Waals surface area contributed by atoms with Crippen molar-refractivity contribution in [1.82, 2.24) is 0 Å². The molecular weight excluding hydrogens is 348 g/mol. The molecule has 4 nitrogen and oxygen atoms in total. The molecule has 2 aromatic rings. The Hall–Kier alpha value is -2.79. The number of aromatic hydroxyl groups is 1. The summed E-state index contributed by atoms with van der Waals surface area (Å²) in [6.45, 7) is 0. The van der Waals surface area contributed by atoms with Crippen LogP contribution in [-0.4, -0.2) is 30.0 Å². The standard InChI is InChI=1S/C21H20O4S/c1-25-21-12-7-16(13-20(21)24)4-9-18(23)14-17(22)8-3-15-5-10-19(26-2)11-6-15/h3-13,24H,14H2,1-2H3. The van der Waals surface area contributed by atoms with E-state index in [4.69, 9.17) is 4.74 Å². The van der Waals surface area contributed by atoms with E-state index >= 15 is 0 Å². The van der Waals surface area contributed by atoms with E-state index < -0.39 is 0 Å². The summed E-state index contributed by atoms with van der Waals surface area (Å²) >= 11 is 1.65. The number of allylic oxidation sites excluding steroid dienone is 2. The lowest BCUT2D eigenvalue weighted by molar-refractivity contribution is -0.121. The Labute approximate surface area is 157 Å². The highest BCUT2D eigenvalue weighted by Crippen LogP contribution is 2.26. The monoisotopic (exact) mass is 368 g/mol. The van der Waals surface area contributed by atoms with Crippen LogP contribution in [0.15, 0.2) is 59.5 Å². The molecule has 0 aliphatic heterocycles. The molecule has 26 heavy (non-hydrogen) atoms. The van der Waals surface area contributed by atoms with Gasteiger partial charge in [-0.3, -0.25) is 9.59 Å². The third-order valence-electron chi connectivity index (χ3n) is 3.59. The number of phenols is 1. The van der Waals surface area contributed by atoms with Gasteiger partial charge < -0.3 is 9.84 Å². The Kier molecular flexibility index (Phi) is 7.24. The van der Waals surface area contributed by atoms with Gasteiger partial charge >= 0.3 is 0 Å². The van der Waals surface area contributed by atoms with Crippen LogP contribution in [0, 0.1) is 0 Å². The predicted molar refractivity (Wildman–Crippen MR) is 106 cm³/mol. The van der Waals surface area contributed by atoms with Gasteiger partial charge in [-0.1, -0.05) is 30.4 Å². The molecule has 2 rings (SSSR count). The quantitative estimate of drug-likeness (QED) is 0.426. The second-order valence-corrected chi connectivity index (χ2v) is 6.36. The molecule has 0 spiro atoms. The van der Waals surface area contributed by atoms with Gasteiger partial charge in [0.25, 0.3) is 0 Å². The first-order chi connectivity index (χ1) is 12.5. The highest BCUT2D eigenvalue weighted by molar-refractivity contribution is 7.98. The second-order valence-electron chi connectivity index (χ2n) is 5.48. The van der Waals surface area contributed by atoms with Gasteiger partial charge in [0, 0.05) is 4.90 Å². The van der Waals surface area contributed by atoms with E-state index in [1.54, 1.807) is 36.0 Å². The molecule has 0 aliphatic carbocycles. The first-order valence-corrected chi connectivity index (χ1v) is 9.17. The summed E-state index contributed by atoms with van der Waals surface area (Å²) in [5.41, 5.74) is 1.56. The van der Waals surface area contributed by atoms with Crippen LogP contribution < -0.4 is 4.74 Å². The highest BCUT2D eigenvalue weighted by Gasteiger charge is 2.05. The number of phenolic OH excluding ortho intramolecular Hbond substituents is 1. The zero-order chi connectivity index (χ0) is 18.9. The number of carbonyl (C=O) groups is 2. The Morgan fingerprint density at radius 3 is 2.12 bits per heavy atom. The minimum Gasteiger partial charge on any atom is -0.504 e. The second kappa shape index (κ2) is 9.63. The van der Waals surface area contributed by atoms with E-state index in [-0.39, 0.29) is 23.7 Å². The number of benzene rings is 2. The lowest BCUT2D eigenvalue weighted by Gasteiger charge is -2.03. The van der Waals surface area contributed by atoms with Crippen molar-refractivity contribution in [2.24, 2.45) is 0 Å². The lowest BCUT2D eigenvalue weighted by Crippen LogP contribution is -2.01. The van der Waals surface area contributed by atoms with Gasteiger partial charge in [-0.2, -0.15) is 0 Å². The van der Waals surface area contributed by atoms with Crippen LogP contribution in [0.5, 0.6) is 11.5 Å². The van der Waals surface area contributed by atoms with Gasteiger partial charge in [-0.25, -0.2) is 0 Å². The van der Waals surface area contributed by atoms with Crippen LogP contribution in [0.3, 0.4) is 0 Å². The molecule has 0 amide bonds. The van der Waals surface area contributed by atoms with Crippen molar-refractivity contribution in [3.05, 3.63) is 65.7 Å². The summed E-state index contributed by atoms with van der Waals surface area (Å²) in [5, 5.41) is 9.70. The summed E-state index contributed by atoms with van der Waals surface area (Å²) in [4.78, 5) is 24.9. The lowest BCUT2D eigenvalue weighted by atomic mass is 10.1. The third-order valence-corrected chi connectivity index (χ3v) is 4.33. The van der Waals surface area contributed by atoms with Crippen molar-refractivity contribution in [2.75, 3.05) is 13.4 Å². The summed E-state index contributed by atoms with van der Waals surface area (Å²) in [6, 6.07) is 12.6. The Morgan fingerprint density at radius 1 is 1.00 bits per heavy atom. The number of carbonyl (C=O) groups excluding carboxylic acids is 2. The molecular formula is C21H20O4S. The molecule has 1 N–H and O–H groups in total. The molecule has 0 heterocycles. The van der Waals surface area contributed by atoms with Gasteiger partial charge in [0.05, 0.1) is 13.5 Å². The smallest absolute Gasteiger partial charge is 0.163 e. The van der Waals surface area contributed by atoms with E-state index in [1.807, 2.05) is 30.5 Å². The molecule has 2 aromatic carbocycles. The van der Waals surface area contributed by atoms with Gasteiger partial charge in [0.2, 0.25) is 0 Å². The van der Waals surface area contributed by atoms with Crippen molar-refractivity contribution in [3.8, 4) is 11.5 Å². The number of ketones is 2. The molecule has 0 saturated carbocycles. The van der Waals surface area contributed by atoms with Crippen LogP contribution in [0.25, 0.3) is 12.2 Å². The van der Waals surface area contributed by atoms with Gasteiger partial charge in [0.1, 0.15) is 0 Å². The SMILES string of the molecule is COc1ccc(C=CC(=O)CC(=O)C=Cc2ccc(SC)cc2)cc1O. The van der Waals surface area contributed by atoms with Gasteiger partial charge in [-0.15, -0.1) is 11.8 Å². The first-order valence-electron chi connectivity index (χ1n) is 7.94. The number of methoxy groups -OCH3 is 1. The molecule has 0 unspecified atom stereocenters. The minimum absolute atomic E-state index is 0.00593.